The average Bonchev–Trinajstić information content (AvgIpc) is 3.48. The zero-order chi connectivity index (χ0) is 23.2. The summed E-state index contributed by atoms with van der Waals surface area (Å²) in [4.78, 5) is 4.79. The van der Waals surface area contributed by atoms with Crippen LogP contribution >= 0.6 is 23.2 Å². The fourth-order valence-corrected chi connectivity index (χ4v) is 4.47. The van der Waals surface area contributed by atoms with Crippen molar-refractivity contribution >= 4 is 52.0 Å². The Bertz CT molecular complexity index is 1680. The summed E-state index contributed by atoms with van der Waals surface area (Å²) in [5.74, 6) is 1.43. The summed E-state index contributed by atoms with van der Waals surface area (Å²) >= 11 is 12.5. The van der Waals surface area contributed by atoms with E-state index >= 15 is 0 Å². The molecule has 0 N–H and O–H groups in total. The molecule has 0 amide bonds. The van der Waals surface area contributed by atoms with Gasteiger partial charge in [-0.25, -0.2) is 4.98 Å². The van der Waals surface area contributed by atoms with E-state index in [9.17, 15) is 5.26 Å². The highest BCUT2D eigenvalue weighted by molar-refractivity contribution is 6.42. The second-order valence-corrected chi connectivity index (χ2v) is 8.62. The molecule has 6 rings (SSSR count). The van der Waals surface area contributed by atoms with E-state index in [4.69, 9.17) is 37.7 Å². The smallest absolute Gasteiger partial charge is 0.231 e. The van der Waals surface area contributed by atoms with Crippen molar-refractivity contribution in [2.75, 3.05) is 6.79 Å². The van der Waals surface area contributed by atoms with Gasteiger partial charge in [-0.05, 0) is 53.6 Å². The van der Waals surface area contributed by atoms with Crippen molar-refractivity contribution in [3.8, 4) is 28.8 Å². The number of hydrogen-bond acceptors (Lipinski definition) is 4. The Morgan fingerprint density at radius 2 is 1.76 bits per heavy atom. The molecular formula is C27H15Cl2N3O2. The van der Waals surface area contributed by atoms with E-state index in [1.165, 1.54) is 0 Å². The number of imidazole rings is 1. The van der Waals surface area contributed by atoms with Gasteiger partial charge in [0.1, 0.15) is 11.6 Å². The maximum Gasteiger partial charge on any atom is 0.231 e. The minimum atomic E-state index is 0.220. The number of aromatic nitrogens is 2. The quantitative estimate of drug-likeness (QED) is 0.271. The molecule has 1 aliphatic heterocycles. The topological polar surface area (TPSA) is 59.5 Å². The third-order valence-electron chi connectivity index (χ3n) is 5.79. The highest BCUT2D eigenvalue weighted by Crippen LogP contribution is 2.35. The van der Waals surface area contributed by atoms with Crippen LogP contribution in [0, 0.1) is 11.3 Å². The lowest BCUT2D eigenvalue weighted by Crippen LogP contribution is -1.98. The second-order valence-electron chi connectivity index (χ2n) is 7.81. The monoisotopic (exact) mass is 483 g/mol. The number of para-hydroxylation sites is 2. The Hall–Kier alpha value is -3.98. The van der Waals surface area contributed by atoms with Gasteiger partial charge in [-0.2, -0.15) is 5.26 Å². The summed E-state index contributed by atoms with van der Waals surface area (Å²) in [6.45, 7) is 0.220. The number of benzene rings is 3. The normalized spacial score (nSPS) is 12.6. The van der Waals surface area contributed by atoms with E-state index in [0.717, 1.165) is 39.2 Å². The summed E-state index contributed by atoms with van der Waals surface area (Å²) in [5.41, 5.74) is 6.16. The van der Waals surface area contributed by atoms with Crippen LogP contribution in [-0.2, 0) is 0 Å². The Labute approximate surface area is 205 Å². The third kappa shape index (κ3) is 3.36. The zero-order valence-corrected chi connectivity index (χ0v) is 19.1. The Kier molecular flexibility index (Phi) is 4.91. The average molecular weight is 484 g/mol. The van der Waals surface area contributed by atoms with Crippen LogP contribution in [0.2, 0.25) is 10.0 Å². The second kappa shape index (κ2) is 8.11. The molecule has 7 heteroatoms. The van der Waals surface area contributed by atoms with Gasteiger partial charge in [0.2, 0.25) is 6.79 Å². The van der Waals surface area contributed by atoms with Crippen molar-refractivity contribution < 1.29 is 9.47 Å². The molecule has 34 heavy (non-hydrogen) atoms. The zero-order valence-electron chi connectivity index (χ0n) is 17.6. The molecule has 2 aromatic heterocycles. The van der Waals surface area contributed by atoms with Gasteiger partial charge in [-0.1, -0.05) is 59.6 Å². The Morgan fingerprint density at radius 1 is 0.912 bits per heavy atom. The molecule has 0 radical (unpaired) electrons. The molecule has 0 atom stereocenters. The summed E-state index contributed by atoms with van der Waals surface area (Å²) in [6.07, 6.45) is 3.85. The van der Waals surface area contributed by atoms with Gasteiger partial charge in [-0.3, -0.25) is 4.40 Å². The van der Waals surface area contributed by atoms with Crippen LogP contribution in [0.3, 0.4) is 0 Å². The number of hydrogen-bond donors (Lipinski definition) is 0. The standard InChI is InChI=1S/C27H15Cl2N3O2/c28-20-9-8-18(12-21(20)29)24-13-17(7-5-16-6-10-25-26(11-16)34-15-33-25)19(14-30)27-31-22-3-1-2-4-23(22)32(24)27/h1-13H,15H2/b7-5+. The van der Waals surface area contributed by atoms with E-state index in [1.807, 2.05) is 77.2 Å². The molecule has 5 nitrogen and oxygen atoms in total. The van der Waals surface area contributed by atoms with Crippen molar-refractivity contribution in [1.29, 1.82) is 5.26 Å². The Balaban J connectivity index is 1.59. The molecule has 0 spiro atoms. The first-order chi connectivity index (χ1) is 16.6. The fourth-order valence-electron chi connectivity index (χ4n) is 4.17. The predicted octanol–water partition coefficient (Wildman–Crippen LogP) is 7.23. The Morgan fingerprint density at radius 3 is 2.62 bits per heavy atom. The molecule has 0 aliphatic carbocycles. The summed E-state index contributed by atoms with van der Waals surface area (Å²) in [5, 5.41) is 11.0. The molecule has 3 heterocycles. The predicted molar refractivity (Wildman–Crippen MR) is 134 cm³/mol. The molecular weight excluding hydrogens is 469 g/mol. The van der Waals surface area contributed by atoms with Crippen LogP contribution in [0.4, 0.5) is 0 Å². The third-order valence-corrected chi connectivity index (χ3v) is 6.52. The first-order valence-corrected chi connectivity index (χ1v) is 11.3. The number of ether oxygens (including phenoxy) is 2. The van der Waals surface area contributed by atoms with Gasteiger partial charge in [0.15, 0.2) is 17.1 Å². The van der Waals surface area contributed by atoms with Crippen LogP contribution in [0.25, 0.3) is 40.1 Å². The molecule has 0 saturated heterocycles. The molecule has 164 valence electrons. The van der Waals surface area contributed by atoms with E-state index < -0.39 is 0 Å². The maximum atomic E-state index is 10.1. The lowest BCUT2D eigenvalue weighted by Gasteiger charge is -2.12. The van der Waals surface area contributed by atoms with Crippen molar-refractivity contribution in [2.24, 2.45) is 0 Å². The van der Waals surface area contributed by atoms with Gasteiger partial charge in [0.05, 0.1) is 26.8 Å². The lowest BCUT2D eigenvalue weighted by atomic mass is 10.0. The molecule has 1 aliphatic rings. The number of fused-ring (bicyclic) bond motifs is 4. The summed E-state index contributed by atoms with van der Waals surface area (Å²) in [6, 6.07) is 23.4. The SMILES string of the molecule is N#Cc1c(/C=C/c2ccc3c(c2)OCO3)cc(-c2ccc(Cl)c(Cl)c2)n2c1nc1ccccc12. The molecule has 0 saturated carbocycles. The van der Waals surface area contributed by atoms with Crippen molar-refractivity contribution in [3.05, 3.63) is 93.5 Å². The molecule has 5 aromatic rings. The van der Waals surface area contributed by atoms with Gasteiger partial charge < -0.3 is 9.47 Å². The van der Waals surface area contributed by atoms with Crippen LogP contribution in [0.5, 0.6) is 11.5 Å². The number of rotatable bonds is 3. The molecule has 0 bridgehead atoms. The number of nitrogens with zero attached hydrogens (tertiary/aromatic N) is 3. The van der Waals surface area contributed by atoms with Crippen molar-refractivity contribution in [2.45, 2.75) is 0 Å². The van der Waals surface area contributed by atoms with E-state index in [-0.39, 0.29) is 6.79 Å². The van der Waals surface area contributed by atoms with Crippen LogP contribution < -0.4 is 9.47 Å². The summed E-state index contributed by atoms with van der Waals surface area (Å²) < 4.78 is 12.9. The lowest BCUT2D eigenvalue weighted by molar-refractivity contribution is 0.174. The van der Waals surface area contributed by atoms with Gasteiger partial charge in [0, 0.05) is 5.56 Å². The number of halogens is 2. The first-order valence-electron chi connectivity index (χ1n) is 10.5. The van der Waals surface area contributed by atoms with Crippen LogP contribution in [0.1, 0.15) is 16.7 Å². The number of nitriles is 1. The van der Waals surface area contributed by atoms with Gasteiger partial charge >= 0.3 is 0 Å². The molecule has 0 fully saturated rings. The fraction of sp³-hybridized carbons (Fsp3) is 0.0370. The van der Waals surface area contributed by atoms with E-state index in [2.05, 4.69) is 6.07 Å². The van der Waals surface area contributed by atoms with Crippen molar-refractivity contribution in [1.82, 2.24) is 9.38 Å². The minimum absolute atomic E-state index is 0.220. The molecule has 3 aromatic carbocycles. The van der Waals surface area contributed by atoms with Crippen molar-refractivity contribution in [3.63, 3.8) is 0 Å². The number of pyridine rings is 1. The van der Waals surface area contributed by atoms with Gasteiger partial charge in [0.25, 0.3) is 0 Å². The minimum Gasteiger partial charge on any atom is -0.454 e. The van der Waals surface area contributed by atoms with E-state index in [0.29, 0.717) is 27.0 Å². The van der Waals surface area contributed by atoms with Crippen LogP contribution in [0.15, 0.2) is 66.7 Å². The highest BCUT2D eigenvalue weighted by Gasteiger charge is 2.18. The van der Waals surface area contributed by atoms with Crippen LogP contribution in [-0.4, -0.2) is 16.2 Å². The van der Waals surface area contributed by atoms with Gasteiger partial charge in [-0.15, -0.1) is 0 Å². The highest BCUT2D eigenvalue weighted by atomic mass is 35.5. The maximum absolute atomic E-state index is 10.1. The van der Waals surface area contributed by atoms with E-state index in [1.54, 1.807) is 6.07 Å². The first kappa shape index (κ1) is 20.6. The summed E-state index contributed by atoms with van der Waals surface area (Å²) in [7, 11) is 0. The molecule has 0 unspecified atom stereocenters. The largest absolute Gasteiger partial charge is 0.454 e.